The fourth-order valence-corrected chi connectivity index (χ4v) is 3.40. The molecule has 2 fully saturated rings. The molecule has 0 bridgehead atoms. The van der Waals surface area contributed by atoms with Gasteiger partial charge in [0.2, 0.25) is 0 Å². The second-order valence-corrected chi connectivity index (χ2v) is 5.78. The summed E-state index contributed by atoms with van der Waals surface area (Å²) < 4.78 is 11.3. The number of morpholine rings is 1. The summed E-state index contributed by atoms with van der Waals surface area (Å²) in [6, 6.07) is 3.78. The molecule has 1 saturated heterocycles. The Morgan fingerprint density at radius 1 is 1.48 bits per heavy atom. The predicted molar refractivity (Wildman–Crippen MR) is 78.2 cm³/mol. The standard InChI is InChI=1S/C16H22N2O3/c1-11-13(4-3-7-17-11)16(19)18-8-9-21-15-6-5-12(20-2)10-14(15)18/h3-4,7,12,14-15H,5-6,8-10H2,1-2H3/t12-,14+,15+/m1/s1. The van der Waals surface area contributed by atoms with Crippen LogP contribution in [-0.4, -0.2) is 54.3 Å². The highest BCUT2D eigenvalue weighted by Gasteiger charge is 2.40. The number of pyridine rings is 1. The molecule has 5 heteroatoms. The van der Waals surface area contributed by atoms with E-state index in [0.717, 1.165) is 25.0 Å². The highest BCUT2D eigenvalue weighted by molar-refractivity contribution is 5.95. The number of fused-ring (bicyclic) bond motifs is 1. The first-order valence-corrected chi connectivity index (χ1v) is 7.57. The smallest absolute Gasteiger partial charge is 0.256 e. The summed E-state index contributed by atoms with van der Waals surface area (Å²) >= 11 is 0. The Morgan fingerprint density at radius 3 is 3.10 bits per heavy atom. The quantitative estimate of drug-likeness (QED) is 0.833. The van der Waals surface area contributed by atoms with Crippen LogP contribution in [0.1, 0.15) is 35.3 Å². The molecule has 1 aliphatic heterocycles. The van der Waals surface area contributed by atoms with Gasteiger partial charge in [0, 0.05) is 25.5 Å². The minimum absolute atomic E-state index is 0.0654. The molecule has 0 unspecified atom stereocenters. The third-order valence-corrected chi connectivity index (χ3v) is 4.60. The van der Waals surface area contributed by atoms with Gasteiger partial charge in [0.05, 0.1) is 30.4 Å². The van der Waals surface area contributed by atoms with E-state index >= 15 is 0 Å². The van der Waals surface area contributed by atoms with E-state index in [1.54, 1.807) is 13.3 Å². The van der Waals surface area contributed by atoms with Gasteiger partial charge in [-0.3, -0.25) is 9.78 Å². The van der Waals surface area contributed by atoms with Gasteiger partial charge in [-0.1, -0.05) is 0 Å². The van der Waals surface area contributed by atoms with Crippen molar-refractivity contribution in [1.82, 2.24) is 9.88 Å². The highest BCUT2D eigenvalue weighted by Crippen LogP contribution is 2.31. The average molecular weight is 290 g/mol. The Balaban J connectivity index is 1.83. The number of ether oxygens (including phenoxy) is 2. The van der Waals surface area contributed by atoms with Crippen LogP contribution < -0.4 is 0 Å². The summed E-state index contributed by atoms with van der Waals surface area (Å²) in [6.45, 7) is 3.14. The lowest BCUT2D eigenvalue weighted by molar-refractivity contribution is -0.101. The number of carbonyl (C=O) groups is 1. The zero-order chi connectivity index (χ0) is 14.8. The molecule has 1 amide bonds. The molecule has 0 N–H and O–H groups in total. The number of aromatic nitrogens is 1. The molecule has 2 heterocycles. The van der Waals surface area contributed by atoms with Crippen LogP contribution in [0.4, 0.5) is 0 Å². The van der Waals surface area contributed by atoms with Crippen molar-refractivity contribution in [2.24, 2.45) is 0 Å². The summed E-state index contributed by atoms with van der Waals surface area (Å²) in [4.78, 5) is 19.0. The molecule has 0 aromatic carbocycles. The highest BCUT2D eigenvalue weighted by atomic mass is 16.5. The maximum absolute atomic E-state index is 12.9. The molecular weight excluding hydrogens is 268 g/mol. The minimum Gasteiger partial charge on any atom is -0.381 e. The molecular formula is C16H22N2O3. The van der Waals surface area contributed by atoms with Crippen molar-refractivity contribution in [2.75, 3.05) is 20.3 Å². The van der Waals surface area contributed by atoms with E-state index in [1.165, 1.54) is 0 Å². The van der Waals surface area contributed by atoms with Gasteiger partial charge >= 0.3 is 0 Å². The van der Waals surface area contributed by atoms with E-state index in [9.17, 15) is 4.79 Å². The molecule has 1 aromatic heterocycles. The first-order valence-electron chi connectivity index (χ1n) is 7.57. The zero-order valence-electron chi connectivity index (χ0n) is 12.6. The third-order valence-electron chi connectivity index (χ3n) is 4.60. The second kappa shape index (κ2) is 6.12. The van der Waals surface area contributed by atoms with Crippen LogP contribution in [0.25, 0.3) is 0 Å². The van der Waals surface area contributed by atoms with Gasteiger partial charge in [-0.2, -0.15) is 0 Å². The summed E-state index contributed by atoms with van der Waals surface area (Å²) in [7, 11) is 1.74. The molecule has 0 spiro atoms. The number of nitrogens with zero attached hydrogens (tertiary/aromatic N) is 2. The molecule has 5 nitrogen and oxygen atoms in total. The number of rotatable bonds is 2. The van der Waals surface area contributed by atoms with Crippen LogP contribution in [0.2, 0.25) is 0 Å². The fraction of sp³-hybridized carbons (Fsp3) is 0.625. The number of methoxy groups -OCH3 is 1. The lowest BCUT2D eigenvalue weighted by atomic mass is 9.87. The van der Waals surface area contributed by atoms with Crippen molar-refractivity contribution in [3.8, 4) is 0 Å². The summed E-state index contributed by atoms with van der Waals surface area (Å²) in [6.07, 6.45) is 4.90. The third kappa shape index (κ3) is 2.80. The van der Waals surface area contributed by atoms with Crippen molar-refractivity contribution < 1.29 is 14.3 Å². The van der Waals surface area contributed by atoms with Gasteiger partial charge in [0.25, 0.3) is 5.91 Å². The molecule has 3 atom stereocenters. The maximum Gasteiger partial charge on any atom is 0.256 e. The van der Waals surface area contributed by atoms with Crippen molar-refractivity contribution in [3.63, 3.8) is 0 Å². The van der Waals surface area contributed by atoms with Crippen molar-refractivity contribution in [1.29, 1.82) is 0 Å². The van der Waals surface area contributed by atoms with E-state index in [4.69, 9.17) is 9.47 Å². The molecule has 1 aliphatic carbocycles. The molecule has 21 heavy (non-hydrogen) atoms. The van der Waals surface area contributed by atoms with Crippen molar-refractivity contribution in [2.45, 2.75) is 44.4 Å². The van der Waals surface area contributed by atoms with Gasteiger partial charge in [0.15, 0.2) is 0 Å². The van der Waals surface area contributed by atoms with Crippen molar-refractivity contribution in [3.05, 3.63) is 29.6 Å². The van der Waals surface area contributed by atoms with Crippen LogP contribution in [0.3, 0.4) is 0 Å². The van der Waals surface area contributed by atoms with Gasteiger partial charge in [0.1, 0.15) is 0 Å². The van der Waals surface area contributed by atoms with E-state index in [1.807, 2.05) is 24.0 Å². The first-order chi connectivity index (χ1) is 10.2. The maximum atomic E-state index is 12.9. The SMILES string of the molecule is CO[C@@H]1CC[C@@H]2OCCN(C(=O)c3cccnc3C)[C@H]2C1. The normalized spacial score (nSPS) is 29.0. The molecule has 2 aliphatic rings. The molecule has 114 valence electrons. The van der Waals surface area contributed by atoms with Gasteiger partial charge in [-0.05, 0) is 38.3 Å². The molecule has 1 aromatic rings. The topological polar surface area (TPSA) is 51.7 Å². The summed E-state index contributed by atoms with van der Waals surface area (Å²) in [5.41, 5.74) is 1.47. The molecule has 0 radical (unpaired) electrons. The second-order valence-electron chi connectivity index (χ2n) is 5.78. The molecule has 1 saturated carbocycles. The van der Waals surface area contributed by atoms with E-state index in [-0.39, 0.29) is 24.2 Å². The number of amides is 1. The number of hydrogen-bond acceptors (Lipinski definition) is 4. The van der Waals surface area contributed by atoms with E-state index < -0.39 is 0 Å². The Kier molecular flexibility index (Phi) is 4.22. The minimum atomic E-state index is 0.0654. The van der Waals surface area contributed by atoms with Crippen LogP contribution >= 0.6 is 0 Å². The zero-order valence-corrected chi connectivity index (χ0v) is 12.6. The van der Waals surface area contributed by atoms with Crippen LogP contribution in [0, 0.1) is 6.92 Å². The predicted octanol–water partition coefficient (Wildman–Crippen LogP) is 1.80. The van der Waals surface area contributed by atoms with Gasteiger partial charge in [-0.25, -0.2) is 0 Å². The van der Waals surface area contributed by atoms with Crippen molar-refractivity contribution >= 4 is 5.91 Å². The van der Waals surface area contributed by atoms with Crippen LogP contribution in [0.15, 0.2) is 18.3 Å². The Morgan fingerprint density at radius 2 is 2.33 bits per heavy atom. The molecule has 3 rings (SSSR count). The summed E-state index contributed by atoms with van der Waals surface area (Å²) in [5, 5.41) is 0. The largest absolute Gasteiger partial charge is 0.381 e. The van der Waals surface area contributed by atoms with E-state index in [2.05, 4.69) is 4.98 Å². The summed E-state index contributed by atoms with van der Waals surface area (Å²) in [5.74, 6) is 0.0654. The Bertz CT molecular complexity index is 520. The Labute approximate surface area is 125 Å². The van der Waals surface area contributed by atoms with Crippen LogP contribution in [0.5, 0.6) is 0 Å². The lowest BCUT2D eigenvalue weighted by Gasteiger charge is -2.45. The first kappa shape index (κ1) is 14.5. The number of hydrogen-bond donors (Lipinski definition) is 0. The lowest BCUT2D eigenvalue weighted by Crippen LogP contribution is -2.57. The van der Waals surface area contributed by atoms with Gasteiger partial charge in [-0.15, -0.1) is 0 Å². The monoisotopic (exact) mass is 290 g/mol. The number of aryl methyl sites for hydroxylation is 1. The number of carbonyl (C=O) groups excluding carboxylic acids is 1. The average Bonchev–Trinajstić information content (AvgIpc) is 2.53. The van der Waals surface area contributed by atoms with E-state index in [0.29, 0.717) is 18.7 Å². The fourth-order valence-electron chi connectivity index (χ4n) is 3.40. The van der Waals surface area contributed by atoms with Crippen LogP contribution in [-0.2, 0) is 9.47 Å². The Hall–Kier alpha value is -1.46. The van der Waals surface area contributed by atoms with Gasteiger partial charge < -0.3 is 14.4 Å².